The van der Waals surface area contributed by atoms with Gasteiger partial charge in [0.2, 0.25) is 6.54 Å². The molecule has 1 N–H and O–H groups in total. The summed E-state index contributed by atoms with van der Waals surface area (Å²) in [4.78, 5) is 11.8. The summed E-state index contributed by atoms with van der Waals surface area (Å²) in [5.41, 5.74) is 2.42. The molecular weight excluding hydrogens is 238 g/mol. The van der Waals surface area contributed by atoms with Gasteiger partial charge >= 0.3 is 0 Å². The Balaban J connectivity index is 1.97. The molecule has 0 aliphatic carbocycles. The fourth-order valence-electron chi connectivity index (χ4n) is 1.63. The number of hydrogen-bond acceptors (Lipinski definition) is 2. The van der Waals surface area contributed by atoms with Crippen LogP contribution in [0.5, 0.6) is 0 Å². The summed E-state index contributed by atoms with van der Waals surface area (Å²) in [7, 11) is 0. The van der Waals surface area contributed by atoms with E-state index in [0.29, 0.717) is 11.3 Å². The largest absolute Gasteiger partial charge is 0.321 e. The number of nitrogens with one attached hydrogen (secondary N) is 1. The van der Waals surface area contributed by atoms with Crippen LogP contribution < -0.4 is 9.88 Å². The predicted molar refractivity (Wildman–Crippen MR) is 71.2 cm³/mol. The highest BCUT2D eigenvalue weighted by atomic mass is 16.1. The molecule has 0 atom stereocenters. The molecule has 2 aromatic rings. The van der Waals surface area contributed by atoms with Gasteiger partial charge in [-0.1, -0.05) is 0 Å². The second kappa shape index (κ2) is 5.78. The number of benzene rings is 1. The summed E-state index contributed by atoms with van der Waals surface area (Å²) >= 11 is 0. The predicted octanol–water partition coefficient (Wildman–Crippen LogP) is 1.79. The van der Waals surface area contributed by atoms with Gasteiger partial charge in [0.05, 0.1) is 11.6 Å². The first-order chi connectivity index (χ1) is 9.17. The molecule has 0 aliphatic rings. The SMILES string of the molecule is Cc1cc[n+](CC(=O)Nc2ccc(C#N)cc2)cc1. The van der Waals surface area contributed by atoms with Crippen molar-refractivity contribution in [1.29, 1.82) is 5.26 Å². The number of hydrogen-bond donors (Lipinski definition) is 1. The highest BCUT2D eigenvalue weighted by Gasteiger charge is 2.08. The van der Waals surface area contributed by atoms with Crippen LogP contribution in [0.2, 0.25) is 0 Å². The van der Waals surface area contributed by atoms with Gasteiger partial charge < -0.3 is 5.32 Å². The molecule has 0 unspecified atom stereocenters. The number of rotatable bonds is 3. The minimum Gasteiger partial charge on any atom is -0.321 e. The minimum atomic E-state index is -0.0986. The molecular formula is C15H14N3O+. The van der Waals surface area contributed by atoms with Crippen molar-refractivity contribution in [2.45, 2.75) is 13.5 Å². The third-order valence-electron chi connectivity index (χ3n) is 2.68. The van der Waals surface area contributed by atoms with Crippen LogP contribution in [0, 0.1) is 18.3 Å². The number of nitrogens with zero attached hydrogens (tertiary/aromatic N) is 2. The number of carbonyl (C=O) groups excluding carboxylic acids is 1. The Hall–Kier alpha value is -2.67. The summed E-state index contributed by atoms with van der Waals surface area (Å²) in [5.74, 6) is -0.0986. The van der Waals surface area contributed by atoms with E-state index in [4.69, 9.17) is 5.26 Å². The van der Waals surface area contributed by atoms with Crippen LogP contribution >= 0.6 is 0 Å². The van der Waals surface area contributed by atoms with Crippen LogP contribution in [0.15, 0.2) is 48.8 Å². The number of carbonyl (C=O) groups is 1. The summed E-state index contributed by atoms with van der Waals surface area (Å²) in [6.45, 7) is 2.27. The molecule has 1 aromatic heterocycles. The minimum absolute atomic E-state index is 0.0986. The molecule has 0 fully saturated rings. The first-order valence-corrected chi connectivity index (χ1v) is 5.93. The average molecular weight is 252 g/mol. The molecule has 0 saturated carbocycles. The van der Waals surface area contributed by atoms with E-state index >= 15 is 0 Å². The number of aromatic nitrogens is 1. The molecule has 0 spiro atoms. The van der Waals surface area contributed by atoms with Crippen LogP contribution in [-0.4, -0.2) is 5.91 Å². The summed E-state index contributed by atoms with van der Waals surface area (Å²) < 4.78 is 1.81. The van der Waals surface area contributed by atoms with E-state index in [1.54, 1.807) is 24.3 Å². The van der Waals surface area contributed by atoms with Crippen molar-refractivity contribution < 1.29 is 9.36 Å². The first-order valence-electron chi connectivity index (χ1n) is 5.93. The Bertz CT molecular complexity index is 609. The molecule has 4 nitrogen and oxygen atoms in total. The van der Waals surface area contributed by atoms with Gasteiger partial charge in [-0.3, -0.25) is 4.79 Å². The average Bonchev–Trinajstić information content (AvgIpc) is 2.42. The maximum Gasteiger partial charge on any atom is 0.290 e. The lowest BCUT2D eigenvalue weighted by Gasteiger charge is -2.03. The van der Waals surface area contributed by atoms with Crippen LogP contribution in [0.4, 0.5) is 5.69 Å². The fourth-order valence-corrected chi connectivity index (χ4v) is 1.63. The van der Waals surface area contributed by atoms with Crippen LogP contribution in [-0.2, 0) is 11.3 Å². The molecule has 0 radical (unpaired) electrons. The number of anilines is 1. The maximum atomic E-state index is 11.8. The molecule has 2 rings (SSSR count). The third-order valence-corrected chi connectivity index (χ3v) is 2.68. The number of aryl methyl sites for hydroxylation is 1. The third kappa shape index (κ3) is 3.65. The van der Waals surface area contributed by atoms with Gasteiger partial charge in [0.1, 0.15) is 0 Å². The summed E-state index contributed by atoms with van der Waals surface area (Å²) in [6, 6.07) is 12.7. The second-order valence-electron chi connectivity index (χ2n) is 4.29. The molecule has 4 heteroatoms. The van der Waals surface area contributed by atoms with Crippen molar-refractivity contribution in [1.82, 2.24) is 0 Å². The zero-order valence-corrected chi connectivity index (χ0v) is 10.6. The van der Waals surface area contributed by atoms with E-state index < -0.39 is 0 Å². The van der Waals surface area contributed by atoms with E-state index in [1.165, 1.54) is 0 Å². The fraction of sp³-hybridized carbons (Fsp3) is 0.133. The van der Waals surface area contributed by atoms with Crippen molar-refractivity contribution in [2.24, 2.45) is 0 Å². The van der Waals surface area contributed by atoms with Crippen molar-refractivity contribution in [3.8, 4) is 6.07 Å². The van der Waals surface area contributed by atoms with Crippen molar-refractivity contribution in [3.63, 3.8) is 0 Å². The van der Waals surface area contributed by atoms with Crippen LogP contribution in [0.25, 0.3) is 0 Å². The molecule has 0 aliphatic heterocycles. The van der Waals surface area contributed by atoms with Gasteiger partial charge in [0, 0.05) is 17.8 Å². The van der Waals surface area contributed by atoms with Gasteiger partial charge in [0.25, 0.3) is 5.91 Å². The molecule has 0 saturated heterocycles. The maximum absolute atomic E-state index is 11.8. The Labute approximate surface area is 111 Å². The van der Waals surface area contributed by atoms with Crippen molar-refractivity contribution in [3.05, 3.63) is 59.9 Å². The van der Waals surface area contributed by atoms with E-state index in [-0.39, 0.29) is 12.5 Å². The lowest BCUT2D eigenvalue weighted by Crippen LogP contribution is -2.39. The molecule has 94 valence electrons. The molecule has 1 amide bonds. The van der Waals surface area contributed by atoms with E-state index in [0.717, 1.165) is 5.56 Å². The molecule has 1 heterocycles. The van der Waals surface area contributed by atoms with Gasteiger partial charge in [-0.25, -0.2) is 0 Å². The highest BCUT2D eigenvalue weighted by molar-refractivity contribution is 5.89. The van der Waals surface area contributed by atoms with Gasteiger partial charge in [-0.05, 0) is 36.8 Å². The van der Waals surface area contributed by atoms with E-state index in [1.807, 2.05) is 42.1 Å². The van der Waals surface area contributed by atoms with Crippen molar-refractivity contribution in [2.75, 3.05) is 5.32 Å². The van der Waals surface area contributed by atoms with E-state index in [9.17, 15) is 4.79 Å². The normalized spacial score (nSPS) is 9.68. The van der Waals surface area contributed by atoms with Gasteiger partial charge in [-0.2, -0.15) is 9.83 Å². The lowest BCUT2D eigenvalue weighted by molar-refractivity contribution is -0.684. The zero-order chi connectivity index (χ0) is 13.7. The number of pyridine rings is 1. The topological polar surface area (TPSA) is 56.8 Å². The summed E-state index contributed by atoms with van der Waals surface area (Å²) in [5, 5.41) is 11.5. The van der Waals surface area contributed by atoms with Crippen molar-refractivity contribution >= 4 is 11.6 Å². The van der Waals surface area contributed by atoms with Crippen LogP contribution in [0.1, 0.15) is 11.1 Å². The van der Waals surface area contributed by atoms with Gasteiger partial charge in [0.15, 0.2) is 12.4 Å². The first kappa shape index (κ1) is 12.8. The molecule has 19 heavy (non-hydrogen) atoms. The van der Waals surface area contributed by atoms with Gasteiger partial charge in [-0.15, -0.1) is 0 Å². The smallest absolute Gasteiger partial charge is 0.290 e. The number of amides is 1. The standard InChI is InChI=1S/C15H13N3O/c1-12-6-8-18(9-7-12)11-15(19)17-14-4-2-13(10-16)3-5-14/h2-9H,11H2,1H3/p+1. The van der Waals surface area contributed by atoms with Crippen LogP contribution in [0.3, 0.4) is 0 Å². The molecule has 1 aromatic carbocycles. The van der Waals surface area contributed by atoms with E-state index in [2.05, 4.69) is 5.32 Å². The Kier molecular flexibility index (Phi) is 3.89. The highest BCUT2D eigenvalue weighted by Crippen LogP contribution is 2.08. The zero-order valence-electron chi connectivity index (χ0n) is 10.6. The lowest BCUT2D eigenvalue weighted by atomic mass is 10.2. The quantitative estimate of drug-likeness (QED) is 0.847. The monoisotopic (exact) mass is 252 g/mol. The molecule has 0 bridgehead atoms. The second-order valence-corrected chi connectivity index (χ2v) is 4.29. The number of nitriles is 1. The Morgan fingerprint density at radius 2 is 1.84 bits per heavy atom. The Morgan fingerprint density at radius 3 is 2.42 bits per heavy atom. The summed E-state index contributed by atoms with van der Waals surface area (Å²) in [6.07, 6.45) is 3.74. The Morgan fingerprint density at radius 1 is 1.21 bits per heavy atom.